The quantitative estimate of drug-likeness (QED) is 0.432. The lowest BCUT2D eigenvalue weighted by molar-refractivity contribution is 0.307. The summed E-state index contributed by atoms with van der Waals surface area (Å²) in [5.74, 6) is 2.78. The lowest BCUT2D eigenvalue weighted by Gasteiger charge is -2.21. The van der Waals surface area contributed by atoms with Crippen molar-refractivity contribution in [3.05, 3.63) is 0 Å². The summed E-state index contributed by atoms with van der Waals surface area (Å²) in [5, 5.41) is 0. The summed E-state index contributed by atoms with van der Waals surface area (Å²) >= 11 is 0. The van der Waals surface area contributed by atoms with Gasteiger partial charge in [-0.1, -0.05) is 79.6 Å². The van der Waals surface area contributed by atoms with Gasteiger partial charge in [0.1, 0.15) is 0 Å². The first-order valence-electron chi connectivity index (χ1n) is 7.11. The summed E-state index contributed by atoms with van der Waals surface area (Å²) in [6.07, 6.45) is 9.85. The molecule has 0 nitrogen and oxygen atoms in total. The van der Waals surface area contributed by atoms with E-state index in [4.69, 9.17) is 0 Å². The Bertz CT molecular complexity index is 128. The minimum absolute atomic E-state index is 0.926. The highest BCUT2D eigenvalue weighted by Gasteiger charge is 2.12. The van der Waals surface area contributed by atoms with E-state index in [0.29, 0.717) is 0 Å². The van der Waals surface area contributed by atoms with Crippen LogP contribution in [0.4, 0.5) is 0 Å². The third-order valence-corrected chi connectivity index (χ3v) is 4.05. The van der Waals surface area contributed by atoms with Gasteiger partial charge in [-0.25, -0.2) is 0 Å². The highest BCUT2D eigenvalue weighted by Crippen LogP contribution is 2.24. The fourth-order valence-corrected chi connectivity index (χ4v) is 2.04. The van der Waals surface area contributed by atoms with Crippen molar-refractivity contribution < 1.29 is 0 Å². The van der Waals surface area contributed by atoms with Gasteiger partial charge in [0.25, 0.3) is 0 Å². The molecule has 0 bridgehead atoms. The van der Waals surface area contributed by atoms with Gasteiger partial charge in [-0.3, -0.25) is 0 Å². The predicted molar refractivity (Wildman–Crippen MR) is 71.2 cm³/mol. The molecule has 3 atom stereocenters. The van der Waals surface area contributed by atoms with Gasteiger partial charge in [-0.05, 0) is 17.8 Å². The Hall–Kier alpha value is 0. The molecule has 0 aromatic heterocycles. The molecule has 0 radical (unpaired) electrons. The summed E-state index contributed by atoms with van der Waals surface area (Å²) in [6.45, 7) is 11.9. The van der Waals surface area contributed by atoms with Gasteiger partial charge in [0.2, 0.25) is 0 Å². The van der Waals surface area contributed by atoms with Crippen molar-refractivity contribution in [3.8, 4) is 0 Å². The fraction of sp³-hybridized carbons (Fsp3) is 1.00. The zero-order chi connectivity index (χ0) is 11.7. The smallest absolute Gasteiger partial charge is 0.0417 e. The predicted octanol–water partition coefficient (Wildman–Crippen LogP) is 5.67. The van der Waals surface area contributed by atoms with Crippen molar-refractivity contribution in [3.63, 3.8) is 0 Å². The molecule has 0 aromatic carbocycles. The van der Waals surface area contributed by atoms with E-state index in [1.54, 1.807) is 0 Å². The van der Waals surface area contributed by atoms with Crippen molar-refractivity contribution in [1.29, 1.82) is 0 Å². The molecule has 0 aliphatic rings. The van der Waals surface area contributed by atoms with Crippen LogP contribution in [0, 0.1) is 17.8 Å². The largest absolute Gasteiger partial charge is 0.0654 e. The van der Waals surface area contributed by atoms with Gasteiger partial charge in [-0.15, -0.1) is 0 Å². The molecule has 0 fully saturated rings. The minimum Gasteiger partial charge on any atom is -0.0654 e. The first-order chi connectivity index (χ1) is 7.11. The molecule has 0 rings (SSSR count). The van der Waals surface area contributed by atoms with E-state index in [9.17, 15) is 0 Å². The zero-order valence-corrected chi connectivity index (χ0v) is 11.7. The molecule has 15 heavy (non-hydrogen) atoms. The van der Waals surface area contributed by atoms with Gasteiger partial charge >= 0.3 is 0 Å². The van der Waals surface area contributed by atoms with E-state index in [0.717, 1.165) is 17.8 Å². The van der Waals surface area contributed by atoms with E-state index in [2.05, 4.69) is 34.6 Å². The van der Waals surface area contributed by atoms with Crippen LogP contribution in [0.3, 0.4) is 0 Å². The van der Waals surface area contributed by atoms with E-state index < -0.39 is 0 Å². The summed E-state index contributed by atoms with van der Waals surface area (Å²) in [4.78, 5) is 0. The Balaban J connectivity index is 3.54. The van der Waals surface area contributed by atoms with Crippen molar-refractivity contribution in [2.24, 2.45) is 17.8 Å². The second-order valence-corrected chi connectivity index (χ2v) is 5.54. The van der Waals surface area contributed by atoms with Crippen molar-refractivity contribution in [2.75, 3.05) is 0 Å². The maximum atomic E-state index is 2.44. The van der Waals surface area contributed by atoms with Gasteiger partial charge in [0, 0.05) is 0 Å². The lowest BCUT2D eigenvalue weighted by Crippen LogP contribution is -2.09. The van der Waals surface area contributed by atoms with E-state index in [1.165, 1.54) is 44.9 Å². The Morgan fingerprint density at radius 1 is 0.733 bits per heavy atom. The molecule has 0 spiro atoms. The molecule has 0 aromatic rings. The molecule has 92 valence electrons. The Kier molecular flexibility index (Phi) is 9.24. The fourth-order valence-electron chi connectivity index (χ4n) is 2.04. The van der Waals surface area contributed by atoms with Gasteiger partial charge in [-0.2, -0.15) is 0 Å². The normalized spacial score (nSPS) is 17.4. The zero-order valence-electron chi connectivity index (χ0n) is 11.7. The van der Waals surface area contributed by atoms with Crippen LogP contribution in [-0.2, 0) is 0 Å². The standard InChI is InChI=1S/C15H32/c1-6-8-9-10-14(4)15(5)12-11-13(3)7-2/h13-15H,6-12H2,1-5H3. The molecular weight excluding hydrogens is 180 g/mol. The van der Waals surface area contributed by atoms with Crippen LogP contribution in [0.25, 0.3) is 0 Å². The monoisotopic (exact) mass is 212 g/mol. The topological polar surface area (TPSA) is 0 Å². The van der Waals surface area contributed by atoms with Crippen LogP contribution in [0.2, 0.25) is 0 Å². The van der Waals surface area contributed by atoms with Crippen LogP contribution in [-0.4, -0.2) is 0 Å². The third-order valence-electron chi connectivity index (χ3n) is 4.05. The van der Waals surface area contributed by atoms with Gasteiger partial charge in [0.15, 0.2) is 0 Å². The van der Waals surface area contributed by atoms with Gasteiger partial charge in [0.05, 0.1) is 0 Å². The summed E-state index contributed by atoms with van der Waals surface area (Å²) in [5.41, 5.74) is 0. The molecule has 0 saturated carbocycles. The molecule has 0 heteroatoms. The number of hydrogen-bond acceptors (Lipinski definition) is 0. The third kappa shape index (κ3) is 7.88. The first-order valence-corrected chi connectivity index (χ1v) is 7.11. The Morgan fingerprint density at radius 3 is 1.87 bits per heavy atom. The Labute approximate surface area is 97.8 Å². The summed E-state index contributed by atoms with van der Waals surface area (Å²) in [6, 6.07) is 0. The van der Waals surface area contributed by atoms with Crippen LogP contribution in [0.15, 0.2) is 0 Å². The molecule has 0 saturated heterocycles. The van der Waals surface area contributed by atoms with Crippen molar-refractivity contribution in [1.82, 2.24) is 0 Å². The number of unbranched alkanes of at least 4 members (excludes halogenated alkanes) is 2. The molecule has 3 unspecified atom stereocenters. The second-order valence-electron chi connectivity index (χ2n) is 5.54. The molecule has 0 aliphatic carbocycles. The van der Waals surface area contributed by atoms with Crippen LogP contribution >= 0.6 is 0 Å². The molecule has 0 heterocycles. The summed E-state index contributed by atoms with van der Waals surface area (Å²) in [7, 11) is 0. The highest BCUT2D eigenvalue weighted by molar-refractivity contribution is 4.64. The van der Waals surface area contributed by atoms with Crippen LogP contribution in [0.1, 0.15) is 79.6 Å². The van der Waals surface area contributed by atoms with Crippen molar-refractivity contribution in [2.45, 2.75) is 79.6 Å². The van der Waals surface area contributed by atoms with Crippen molar-refractivity contribution >= 4 is 0 Å². The van der Waals surface area contributed by atoms with Crippen LogP contribution < -0.4 is 0 Å². The van der Waals surface area contributed by atoms with E-state index in [1.807, 2.05) is 0 Å². The summed E-state index contributed by atoms with van der Waals surface area (Å²) < 4.78 is 0. The average Bonchev–Trinajstić information content (AvgIpc) is 2.25. The maximum absolute atomic E-state index is 2.44. The molecule has 0 amide bonds. The number of rotatable bonds is 9. The lowest BCUT2D eigenvalue weighted by atomic mass is 9.85. The van der Waals surface area contributed by atoms with Crippen LogP contribution in [0.5, 0.6) is 0 Å². The highest BCUT2D eigenvalue weighted by atomic mass is 14.2. The average molecular weight is 212 g/mol. The van der Waals surface area contributed by atoms with E-state index >= 15 is 0 Å². The number of hydrogen-bond donors (Lipinski definition) is 0. The van der Waals surface area contributed by atoms with E-state index in [-0.39, 0.29) is 0 Å². The Morgan fingerprint density at radius 2 is 1.33 bits per heavy atom. The molecular formula is C15H32. The second kappa shape index (κ2) is 9.24. The minimum atomic E-state index is 0.926. The van der Waals surface area contributed by atoms with Gasteiger partial charge < -0.3 is 0 Å². The molecule has 0 N–H and O–H groups in total. The maximum Gasteiger partial charge on any atom is -0.0417 e. The first kappa shape index (κ1) is 15.0. The molecule has 0 aliphatic heterocycles. The SMILES string of the molecule is CCCCCC(C)C(C)CCC(C)CC.